The molecule has 0 aliphatic carbocycles. The molecule has 1 aliphatic heterocycles. The molecule has 1 fully saturated rings. The van der Waals surface area contributed by atoms with Crippen molar-refractivity contribution in [2.24, 2.45) is 0 Å². The van der Waals surface area contributed by atoms with Crippen LogP contribution >= 0.6 is 11.8 Å². The Morgan fingerprint density at radius 2 is 1.68 bits per heavy atom. The molecule has 0 spiro atoms. The number of thioether (sulfide) groups is 1. The average molecular weight is 414 g/mol. The Morgan fingerprint density at radius 3 is 2.32 bits per heavy atom. The summed E-state index contributed by atoms with van der Waals surface area (Å²) < 4.78 is 51.5. The molecule has 1 atom stereocenters. The van der Waals surface area contributed by atoms with Gasteiger partial charge in [0.15, 0.2) is 0 Å². The number of anilines is 1. The maximum Gasteiger partial charge on any atom is 0.416 e. The van der Waals surface area contributed by atoms with Crippen molar-refractivity contribution in [3.8, 4) is 0 Å². The highest BCUT2D eigenvalue weighted by molar-refractivity contribution is 7.99. The monoisotopic (exact) mass is 414 g/mol. The van der Waals surface area contributed by atoms with Gasteiger partial charge in [-0.3, -0.25) is 4.90 Å². The van der Waals surface area contributed by atoms with Gasteiger partial charge in [0.25, 0.3) is 0 Å². The minimum atomic E-state index is -4.34. The summed E-state index contributed by atoms with van der Waals surface area (Å²) in [6, 6.07) is 11.5. The topological polar surface area (TPSA) is 26.7 Å². The molecular formula is C20H22F4N2OS. The molecule has 8 heteroatoms. The number of piperazine rings is 1. The Labute approximate surface area is 166 Å². The van der Waals surface area contributed by atoms with Gasteiger partial charge >= 0.3 is 6.18 Å². The summed E-state index contributed by atoms with van der Waals surface area (Å²) in [4.78, 5) is 4.94. The fraction of sp³-hybridized carbons (Fsp3) is 0.400. The third kappa shape index (κ3) is 5.86. The largest absolute Gasteiger partial charge is 0.416 e. The molecule has 1 saturated heterocycles. The Morgan fingerprint density at radius 1 is 1.00 bits per heavy atom. The first-order valence-corrected chi connectivity index (χ1v) is 10.0. The van der Waals surface area contributed by atoms with Gasteiger partial charge < -0.3 is 10.0 Å². The van der Waals surface area contributed by atoms with Gasteiger partial charge in [-0.1, -0.05) is 6.07 Å². The van der Waals surface area contributed by atoms with Crippen LogP contribution in [0.4, 0.5) is 23.2 Å². The Bertz CT molecular complexity index is 762. The van der Waals surface area contributed by atoms with E-state index in [9.17, 15) is 22.7 Å². The number of hydrogen-bond acceptors (Lipinski definition) is 4. The van der Waals surface area contributed by atoms with Crippen LogP contribution in [-0.2, 0) is 6.18 Å². The maximum atomic E-state index is 12.9. The average Bonchev–Trinajstić information content (AvgIpc) is 2.68. The third-order valence-electron chi connectivity index (χ3n) is 4.64. The van der Waals surface area contributed by atoms with E-state index < -0.39 is 17.8 Å². The number of β-amino-alcohol motifs (C(OH)–C–C–N with tert-alkyl or cyclic N) is 1. The highest BCUT2D eigenvalue weighted by Crippen LogP contribution is 2.32. The Hall–Kier alpha value is -1.77. The molecule has 0 radical (unpaired) electrons. The first-order chi connectivity index (χ1) is 13.3. The Balaban J connectivity index is 1.45. The van der Waals surface area contributed by atoms with Crippen LogP contribution in [0.5, 0.6) is 0 Å². The van der Waals surface area contributed by atoms with Crippen LogP contribution in [0.25, 0.3) is 0 Å². The van der Waals surface area contributed by atoms with Gasteiger partial charge in [0, 0.05) is 49.1 Å². The van der Waals surface area contributed by atoms with E-state index >= 15 is 0 Å². The van der Waals surface area contributed by atoms with Crippen LogP contribution in [-0.4, -0.2) is 54.6 Å². The standard InChI is InChI=1S/C20H22F4N2OS/c21-16-4-6-19(7-5-16)28-14-18(27)13-25-8-10-26(11-9-25)17-3-1-2-15(12-17)20(22,23)24/h1-7,12,18,27H,8-11,13-14H2/t18-/m1/s1. The highest BCUT2D eigenvalue weighted by Gasteiger charge is 2.31. The van der Waals surface area contributed by atoms with Gasteiger partial charge in [-0.05, 0) is 42.5 Å². The van der Waals surface area contributed by atoms with Crippen LogP contribution in [0.1, 0.15) is 5.56 Å². The maximum absolute atomic E-state index is 12.9. The molecule has 2 aromatic rings. The summed E-state index contributed by atoms with van der Waals surface area (Å²) in [7, 11) is 0. The molecule has 28 heavy (non-hydrogen) atoms. The van der Waals surface area contributed by atoms with Gasteiger partial charge in [0.1, 0.15) is 5.82 Å². The lowest BCUT2D eigenvalue weighted by atomic mass is 10.1. The number of benzene rings is 2. The van der Waals surface area contributed by atoms with Crippen molar-refractivity contribution < 1.29 is 22.7 Å². The van der Waals surface area contributed by atoms with E-state index in [1.807, 2.05) is 4.90 Å². The van der Waals surface area contributed by atoms with E-state index in [0.29, 0.717) is 44.2 Å². The van der Waals surface area contributed by atoms with Gasteiger partial charge in [-0.15, -0.1) is 11.8 Å². The molecule has 1 N–H and O–H groups in total. The SMILES string of the molecule is O[C@@H](CSc1ccc(F)cc1)CN1CCN(c2cccc(C(F)(F)F)c2)CC1. The van der Waals surface area contributed by atoms with Crippen LogP contribution < -0.4 is 4.90 Å². The number of halogens is 4. The van der Waals surface area contributed by atoms with Gasteiger partial charge in [0.05, 0.1) is 11.7 Å². The second kappa shape index (κ2) is 9.15. The highest BCUT2D eigenvalue weighted by atomic mass is 32.2. The third-order valence-corrected chi connectivity index (χ3v) is 5.79. The van der Waals surface area contributed by atoms with E-state index in [1.54, 1.807) is 18.2 Å². The quantitative estimate of drug-likeness (QED) is 0.568. The number of nitrogens with zero attached hydrogens (tertiary/aromatic N) is 2. The smallest absolute Gasteiger partial charge is 0.391 e. The summed E-state index contributed by atoms with van der Waals surface area (Å²) in [5, 5.41) is 10.3. The van der Waals surface area contributed by atoms with Crippen molar-refractivity contribution in [1.29, 1.82) is 0 Å². The number of aliphatic hydroxyl groups excluding tert-OH is 1. The molecule has 0 aromatic heterocycles. The van der Waals surface area contributed by atoms with Gasteiger partial charge in [-0.25, -0.2) is 4.39 Å². The van der Waals surface area contributed by atoms with Crippen molar-refractivity contribution in [2.75, 3.05) is 43.4 Å². The lowest BCUT2D eigenvalue weighted by Crippen LogP contribution is -2.49. The number of alkyl halides is 3. The summed E-state index contributed by atoms with van der Waals surface area (Å²) >= 11 is 1.47. The van der Waals surface area contributed by atoms with E-state index in [4.69, 9.17) is 0 Å². The minimum Gasteiger partial charge on any atom is -0.391 e. The molecule has 0 unspecified atom stereocenters. The van der Waals surface area contributed by atoms with E-state index in [-0.39, 0.29) is 5.82 Å². The predicted molar refractivity (Wildman–Crippen MR) is 103 cm³/mol. The summed E-state index contributed by atoms with van der Waals surface area (Å²) in [6.07, 6.45) is -4.88. The van der Waals surface area contributed by atoms with Crippen LogP contribution in [0.3, 0.4) is 0 Å². The van der Waals surface area contributed by atoms with Gasteiger partial charge in [-0.2, -0.15) is 13.2 Å². The molecule has 3 rings (SSSR count). The molecular weight excluding hydrogens is 392 g/mol. The first-order valence-electron chi connectivity index (χ1n) is 9.02. The zero-order valence-electron chi connectivity index (χ0n) is 15.2. The minimum absolute atomic E-state index is 0.288. The van der Waals surface area contributed by atoms with E-state index in [1.165, 1.54) is 36.0 Å². The van der Waals surface area contributed by atoms with Crippen molar-refractivity contribution in [2.45, 2.75) is 17.2 Å². The van der Waals surface area contributed by atoms with Crippen molar-refractivity contribution in [3.05, 3.63) is 59.9 Å². The first kappa shape index (κ1) is 21.0. The van der Waals surface area contributed by atoms with E-state index in [2.05, 4.69) is 4.90 Å². The summed E-state index contributed by atoms with van der Waals surface area (Å²) in [6.45, 7) is 3.08. The normalized spacial score (nSPS) is 17.0. The van der Waals surface area contributed by atoms with Gasteiger partial charge in [0.2, 0.25) is 0 Å². The molecule has 1 heterocycles. The van der Waals surface area contributed by atoms with Crippen molar-refractivity contribution in [1.82, 2.24) is 4.90 Å². The fourth-order valence-corrected chi connectivity index (χ4v) is 3.96. The fourth-order valence-electron chi connectivity index (χ4n) is 3.14. The molecule has 0 bridgehead atoms. The number of aliphatic hydroxyl groups is 1. The molecule has 152 valence electrons. The zero-order chi connectivity index (χ0) is 20.1. The summed E-state index contributed by atoms with van der Waals surface area (Å²) in [5.41, 5.74) is -0.0671. The molecule has 2 aromatic carbocycles. The summed E-state index contributed by atoms with van der Waals surface area (Å²) in [5.74, 6) is 0.211. The molecule has 3 nitrogen and oxygen atoms in total. The van der Waals surface area contributed by atoms with Crippen molar-refractivity contribution >= 4 is 17.4 Å². The molecule has 0 amide bonds. The lowest BCUT2D eigenvalue weighted by molar-refractivity contribution is -0.137. The Kier molecular flexibility index (Phi) is 6.85. The van der Waals surface area contributed by atoms with E-state index in [0.717, 1.165) is 11.0 Å². The van der Waals surface area contributed by atoms with Crippen LogP contribution in [0.2, 0.25) is 0 Å². The van der Waals surface area contributed by atoms with Crippen LogP contribution in [0.15, 0.2) is 53.4 Å². The predicted octanol–water partition coefficient (Wildman–Crippen LogP) is 4.12. The second-order valence-electron chi connectivity index (χ2n) is 6.75. The second-order valence-corrected chi connectivity index (χ2v) is 7.85. The zero-order valence-corrected chi connectivity index (χ0v) is 16.0. The lowest BCUT2D eigenvalue weighted by Gasteiger charge is -2.37. The number of rotatable bonds is 6. The number of hydrogen-bond donors (Lipinski definition) is 1. The molecule has 0 saturated carbocycles. The molecule has 1 aliphatic rings. The van der Waals surface area contributed by atoms with Crippen molar-refractivity contribution in [3.63, 3.8) is 0 Å². The van der Waals surface area contributed by atoms with Crippen LogP contribution in [0, 0.1) is 5.82 Å².